The van der Waals surface area contributed by atoms with Crippen molar-refractivity contribution in [1.29, 1.82) is 0 Å². The van der Waals surface area contributed by atoms with Crippen molar-refractivity contribution in [2.24, 2.45) is 5.92 Å². The number of aliphatic carboxylic acids is 1. The maximum atomic E-state index is 11.8. The van der Waals surface area contributed by atoms with Gasteiger partial charge in [0.05, 0.1) is 0 Å². The lowest BCUT2D eigenvalue weighted by molar-refractivity contribution is -0.142. The predicted molar refractivity (Wildman–Crippen MR) is 105 cm³/mol. The van der Waals surface area contributed by atoms with Crippen molar-refractivity contribution in [3.8, 4) is 5.75 Å². The van der Waals surface area contributed by atoms with Crippen LogP contribution in [0.25, 0.3) is 0 Å². The molecule has 4 heteroatoms. The van der Waals surface area contributed by atoms with E-state index in [0.29, 0.717) is 25.1 Å². The van der Waals surface area contributed by atoms with Crippen molar-refractivity contribution in [3.63, 3.8) is 0 Å². The Labute approximate surface area is 160 Å². The molecule has 2 aromatic rings. The molecule has 4 nitrogen and oxygen atoms in total. The highest BCUT2D eigenvalue weighted by atomic mass is 16.5. The molecular weight excluding hydrogens is 338 g/mol. The lowest BCUT2D eigenvalue weighted by atomic mass is 9.84. The molecule has 27 heavy (non-hydrogen) atoms. The van der Waals surface area contributed by atoms with E-state index in [1.54, 1.807) is 0 Å². The van der Waals surface area contributed by atoms with Gasteiger partial charge in [-0.3, -0.25) is 9.69 Å². The molecule has 2 aromatic carbocycles. The minimum absolute atomic E-state index is 0.341. The van der Waals surface area contributed by atoms with Gasteiger partial charge in [-0.15, -0.1) is 0 Å². The van der Waals surface area contributed by atoms with Gasteiger partial charge in [-0.1, -0.05) is 55.3 Å². The van der Waals surface area contributed by atoms with Crippen molar-refractivity contribution < 1.29 is 14.6 Å². The van der Waals surface area contributed by atoms with E-state index in [1.165, 1.54) is 19.3 Å². The normalized spacial score (nSPS) is 25.1. The standard InChI is InChI=1S/C23H27NO3/c25-23(26)22-14-19-8-4-5-9-21(19)24(22)15-17-10-12-20(13-11-17)27-16-18-6-2-1-3-7-18/h1-3,6-7,10-13,19,21-22H,4-5,8-9,14-16H2,(H,25,26). The lowest BCUT2D eigenvalue weighted by Crippen LogP contribution is -2.41. The number of hydrogen-bond acceptors (Lipinski definition) is 3. The molecule has 0 radical (unpaired) electrons. The molecule has 3 atom stereocenters. The van der Waals surface area contributed by atoms with Gasteiger partial charge in [0.1, 0.15) is 18.4 Å². The van der Waals surface area contributed by atoms with Crippen LogP contribution in [0.15, 0.2) is 54.6 Å². The highest BCUT2D eigenvalue weighted by Crippen LogP contribution is 2.40. The monoisotopic (exact) mass is 365 g/mol. The maximum Gasteiger partial charge on any atom is 0.320 e. The molecule has 1 saturated heterocycles. The molecular formula is C23H27NO3. The van der Waals surface area contributed by atoms with E-state index in [0.717, 1.165) is 29.7 Å². The molecule has 0 spiro atoms. The van der Waals surface area contributed by atoms with Crippen LogP contribution < -0.4 is 4.74 Å². The molecule has 2 aliphatic rings. The van der Waals surface area contributed by atoms with Crippen molar-refractivity contribution in [2.75, 3.05) is 0 Å². The van der Waals surface area contributed by atoms with Crippen LogP contribution in [-0.2, 0) is 17.9 Å². The summed E-state index contributed by atoms with van der Waals surface area (Å²) in [6.45, 7) is 1.26. The first kappa shape index (κ1) is 18.1. The van der Waals surface area contributed by atoms with Crippen LogP contribution in [0.2, 0.25) is 0 Å². The van der Waals surface area contributed by atoms with Crippen LogP contribution >= 0.6 is 0 Å². The molecule has 3 unspecified atom stereocenters. The average molecular weight is 365 g/mol. The summed E-state index contributed by atoms with van der Waals surface area (Å²) < 4.78 is 5.85. The summed E-state index contributed by atoms with van der Waals surface area (Å²) in [6, 6.07) is 18.3. The molecule has 142 valence electrons. The Morgan fingerprint density at radius 2 is 1.74 bits per heavy atom. The van der Waals surface area contributed by atoms with Crippen molar-refractivity contribution in [1.82, 2.24) is 4.90 Å². The second-order valence-corrected chi connectivity index (χ2v) is 7.79. The smallest absolute Gasteiger partial charge is 0.320 e. The Morgan fingerprint density at radius 3 is 2.48 bits per heavy atom. The molecule has 0 bridgehead atoms. The Bertz CT molecular complexity index is 759. The van der Waals surface area contributed by atoms with E-state index >= 15 is 0 Å². The summed E-state index contributed by atoms with van der Waals surface area (Å²) in [5, 5.41) is 9.67. The van der Waals surface area contributed by atoms with Crippen LogP contribution in [0.1, 0.15) is 43.2 Å². The first-order chi connectivity index (χ1) is 13.2. The Morgan fingerprint density at radius 1 is 1.00 bits per heavy atom. The number of nitrogens with zero attached hydrogens (tertiary/aromatic N) is 1. The van der Waals surface area contributed by atoms with Crippen molar-refractivity contribution in [3.05, 3.63) is 65.7 Å². The minimum atomic E-state index is -0.674. The van der Waals surface area contributed by atoms with E-state index in [-0.39, 0.29) is 6.04 Å². The van der Waals surface area contributed by atoms with Gasteiger partial charge in [0.15, 0.2) is 0 Å². The van der Waals surface area contributed by atoms with Crippen LogP contribution in [0.3, 0.4) is 0 Å². The fourth-order valence-electron chi connectivity index (χ4n) is 4.67. The Balaban J connectivity index is 1.40. The van der Waals surface area contributed by atoms with Crippen LogP contribution in [0.4, 0.5) is 0 Å². The third-order valence-electron chi connectivity index (χ3n) is 6.04. The van der Waals surface area contributed by atoms with Gasteiger partial charge in [0.25, 0.3) is 0 Å². The minimum Gasteiger partial charge on any atom is -0.489 e. The largest absolute Gasteiger partial charge is 0.489 e. The number of benzene rings is 2. The number of ether oxygens (including phenoxy) is 1. The van der Waals surface area contributed by atoms with Gasteiger partial charge in [-0.25, -0.2) is 0 Å². The van der Waals surface area contributed by atoms with Gasteiger partial charge in [0.2, 0.25) is 0 Å². The van der Waals surface area contributed by atoms with Crippen molar-refractivity contribution >= 4 is 5.97 Å². The summed E-state index contributed by atoms with van der Waals surface area (Å²) in [6.07, 6.45) is 5.58. The van der Waals surface area contributed by atoms with Gasteiger partial charge < -0.3 is 9.84 Å². The number of hydrogen-bond donors (Lipinski definition) is 1. The van der Waals surface area contributed by atoms with Crippen molar-refractivity contribution in [2.45, 2.75) is 57.3 Å². The Kier molecular flexibility index (Phi) is 5.44. The van der Waals surface area contributed by atoms with E-state index in [9.17, 15) is 9.90 Å². The molecule has 0 aromatic heterocycles. The molecule has 1 heterocycles. The zero-order valence-electron chi connectivity index (χ0n) is 15.6. The van der Waals surface area contributed by atoms with E-state index < -0.39 is 5.97 Å². The van der Waals surface area contributed by atoms with E-state index in [1.807, 2.05) is 42.5 Å². The molecule has 1 saturated carbocycles. The molecule has 0 amide bonds. The second-order valence-electron chi connectivity index (χ2n) is 7.79. The third-order valence-corrected chi connectivity index (χ3v) is 6.04. The summed E-state index contributed by atoms with van der Waals surface area (Å²) in [5.41, 5.74) is 2.30. The number of carboxylic acids is 1. The summed E-state index contributed by atoms with van der Waals surface area (Å²) >= 11 is 0. The molecule has 4 rings (SSSR count). The summed E-state index contributed by atoms with van der Waals surface area (Å²) in [5.74, 6) is 0.717. The van der Waals surface area contributed by atoms with E-state index in [4.69, 9.17) is 4.74 Å². The molecule has 1 aliphatic carbocycles. The number of likely N-dealkylation sites (tertiary alicyclic amines) is 1. The van der Waals surface area contributed by atoms with Gasteiger partial charge in [-0.05, 0) is 48.4 Å². The quantitative estimate of drug-likeness (QED) is 0.820. The zero-order valence-corrected chi connectivity index (χ0v) is 15.6. The van der Waals surface area contributed by atoms with Crippen LogP contribution in [0.5, 0.6) is 5.75 Å². The van der Waals surface area contributed by atoms with E-state index in [2.05, 4.69) is 17.0 Å². The third kappa shape index (κ3) is 4.16. The number of rotatable bonds is 6. The molecule has 1 N–H and O–H groups in total. The first-order valence-corrected chi connectivity index (χ1v) is 9.95. The number of carbonyl (C=O) groups is 1. The number of carboxylic acid groups (broad SMARTS) is 1. The highest BCUT2D eigenvalue weighted by Gasteiger charge is 2.44. The topological polar surface area (TPSA) is 49.8 Å². The SMILES string of the molecule is O=C(O)C1CC2CCCCC2N1Cc1ccc(OCc2ccccc2)cc1. The molecule has 2 fully saturated rings. The number of fused-ring (bicyclic) bond motifs is 1. The average Bonchev–Trinajstić information content (AvgIpc) is 3.07. The molecule has 1 aliphatic heterocycles. The van der Waals surface area contributed by atoms with Gasteiger partial charge in [-0.2, -0.15) is 0 Å². The highest BCUT2D eigenvalue weighted by molar-refractivity contribution is 5.74. The lowest BCUT2D eigenvalue weighted by Gasteiger charge is -2.33. The van der Waals surface area contributed by atoms with Crippen LogP contribution in [-0.4, -0.2) is 28.1 Å². The summed E-state index contributed by atoms with van der Waals surface area (Å²) in [7, 11) is 0. The predicted octanol–water partition coefficient (Wildman–Crippen LogP) is 4.48. The Hall–Kier alpha value is -2.33. The first-order valence-electron chi connectivity index (χ1n) is 9.95. The summed E-state index contributed by atoms with van der Waals surface area (Å²) in [4.78, 5) is 14.0. The van der Waals surface area contributed by atoms with Gasteiger partial charge in [0, 0.05) is 12.6 Å². The fourth-order valence-corrected chi connectivity index (χ4v) is 4.67. The second kappa shape index (κ2) is 8.13. The zero-order chi connectivity index (χ0) is 18.6. The fraction of sp³-hybridized carbons (Fsp3) is 0.435. The maximum absolute atomic E-state index is 11.8. The van der Waals surface area contributed by atoms with Crippen LogP contribution in [0, 0.1) is 5.92 Å². The van der Waals surface area contributed by atoms with Gasteiger partial charge >= 0.3 is 5.97 Å².